The van der Waals surface area contributed by atoms with Crippen LogP contribution in [0.5, 0.6) is 5.75 Å². The van der Waals surface area contributed by atoms with Crippen molar-refractivity contribution in [2.24, 2.45) is 0 Å². The lowest BCUT2D eigenvalue weighted by Gasteiger charge is -2.10. The summed E-state index contributed by atoms with van der Waals surface area (Å²) in [5.74, 6) is -0.409. The lowest BCUT2D eigenvalue weighted by atomic mass is 10.2. The molecule has 0 aliphatic carbocycles. The molecule has 0 saturated heterocycles. The number of carbonyl (C=O) groups excluding carboxylic acids is 1. The van der Waals surface area contributed by atoms with Gasteiger partial charge in [0.1, 0.15) is 23.2 Å². The molecule has 122 valence electrons. The number of methoxy groups -OCH3 is 1. The summed E-state index contributed by atoms with van der Waals surface area (Å²) in [5, 5.41) is 14.6. The molecule has 0 unspecified atom stereocenters. The van der Waals surface area contributed by atoms with Crippen molar-refractivity contribution < 1.29 is 13.9 Å². The summed E-state index contributed by atoms with van der Waals surface area (Å²) in [4.78, 5) is 12.1. The van der Waals surface area contributed by atoms with Crippen molar-refractivity contribution >= 4 is 17.3 Å². The molecule has 0 saturated carbocycles. The van der Waals surface area contributed by atoms with E-state index in [-0.39, 0.29) is 5.57 Å². The number of nitriles is 1. The zero-order valence-corrected chi connectivity index (χ0v) is 13.3. The minimum Gasteiger partial charge on any atom is -0.495 e. The summed E-state index contributed by atoms with van der Waals surface area (Å²) in [6, 6.07) is 12.6. The summed E-state index contributed by atoms with van der Waals surface area (Å²) < 4.78 is 18.1. The van der Waals surface area contributed by atoms with Gasteiger partial charge in [0.25, 0.3) is 5.91 Å². The molecule has 6 heteroatoms. The largest absolute Gasteiger partial charge is 0.495 e. The number of nitrogens with zero attached hydrogens (tertiary/aromatic N) is 1. The van der Waals surface area contributed by atoms with Gasteiger partial charge in [0.05, 0.1) is 12.8 Å². The Morgan fingerprint density at radius 1 is 1.25 bits per heavy atom. The molecule has 2 aromatic carbocycles. The summed E-state index contributed by atoms with van der Waals surface area (Å²) in [6.07, 6.45) is 1.30. The fourth-order valence-electron chi connectivity index (χ4n) is 1.96. The standard InChI is InChI=1S/C18H16FN3O2/c1-12-3-8-17(24-2)16(9-12)21-11-13(10-20)18(23)22-15-6-4-14(19)5-7-15/h3-9,11,21H,1-2H3,(H,22,23)/b13-11-. The molecule has 0 spiro atoms. The Labute approximate surface area is 139 Å². The number of benzene rings is 2. The molecular formula is C18H16FN3O2. The van der Waals surface area contributed by atoms with Crippen molar-refractivity contribution in [2.45, 2.75) is 6.92 Å². The number of amides is 1. The second-order valence-corrected chi connectivity index (χ2v) is 4.98. The number of nitrogens with one attached hydrogen (secondary N) is 2. The van der Waals surface area contributed by atoms with E-state index in [1.54, 1.807) is 6.07 Å². The molecule has 0 bridgehead atoms. The quantitative estimate of drug-likeness (QED) is 0.650. The number of carbonyl (C=O) groups is 1. The molecule has 0 radical (unpaired) electrons. The van der Waals surface area contributed by atoms with E-state index in [1.807, 2.05) is 25.1 Å². The maximum Gasteiger partial charge on any atom is 0.267 e. The Bertz CT molecular complexity index is 808. The first-order valence-corrected chi connectivity index (χ1v) is 7.12. The highest BCUT2D eigenvalue weighted by molar-refractivity contribution is 6.06. The highest BCUT2D eigenvalue weighted by Crippen LogP contribution is 2.25. The average Bonchev–Trinajstić information content (AvgIpc) is 2.57. The van der Waals surface area contributed by atoms with Crippen LogP contribution in [-0.4, -0.2) is 13.0 Å². The normalized spacial score (nSPS) is 10.7. The van der Waals surface area contributed by atoms with Crippen LogP contribution in [0.25, 0.3) is 0 Å². The molecular weight excluding hydrogens is 309 g/mol. The molecule has 0 aliphatic rings. The molecule has 2 aromatic rings. The van der Waals surface area contributed by atoms with E-state index < -0.39 is 11.7 Å². The van der Waals surface area contributed by atoms with E-state index in [9.17, 15) is 9.18 Å². The average molecular weight is 325 g/mol. The third-order valence-electron chi connectivity index (χ3n) is 3.19. The molecule has 0 aliphatic heterocycles. The minimum atomic E-state index is -0.594. The van der Waals surface area contributed by atoms with E-state index in [4.69, 9.17) is 10.00 Å². The fraction of sp³-hybridized carbons (Fsp3) is 0.111. The molecule has 0 heterocycles. The Balaban J connectivity index is 2.14. The van der Waals surface area contributed by atoms with E-state index in [1.165, 1.54) is 37.6 Å². The number of hydrogen-bond acceptors (Lipinski definition) is 4. The second-order valence-electron chi connectivity index (χ2n) is 4.98. The summed E-state index contributed by atoms with van der Waals surface area (Å²) in [6.45, 7) is 1.92. The van der Waals surface area contributed by atoms with Crippen LogP contribution in [0.2, 0.25) is 0 Å². The zero-order valence-electron chi connectivity index (χ0n) is 13.3. The highest BCUT2D eigenvalue weighted by Gasteiger charge is 2.10. The molecule has 1 amide bonds. The molecule has 0 aromatic heterocycles. The van der Waals surface area contributed by atoms with Gasteiger partial charge in [-0.3, -0.25) is 4.79 Å². The van der Waals surface area contributed by atoms with Crippen LogP contribution in [0.1, 0.15) is 5.56 Å². The molecule has 2 N–H and O–H groups in total. The van der Waals surface area contributed by atoms with Gasteiger partial charge in [-0.15, -0.1) is 0 Å². The lowest BCUT2D eigenvalue weighted by Crippen LogP contribution is -2.14. The van der Waals surface area contributed by atoms with Crippen molar-refractivity contribution in [2.75, 3.05) is 17.7 Å². The molecule has 2 rings (SSSR count). The van der Waals surface area contributed by atoms with Gasteiger partial charge < -0.3 is 15.4 Å². The Hall–Kier alpha value is -3.33. The zero-order chi connectivity index (χ0) is 17.5. The van der Waals surface area contributed by atoms with Crippen molar-refractivity contribution in [3.63, 3.8) is 0 Å². The van der Waals surface area contributed by atoms with Crippen LogP contribution < -0.4 is 15.4 Å². The van der Waals surface area contributed by atoms with Crippen LogP contribution in [0.3, 0.4) is 0 Å². The molecule has 5 nitrogen and oxygen atoms in total. The lowest BCUT2D eigenvalue weighted by molar-refractivity contribution is -0.112. The van der Waals surface area contributed by atoms with Gasteiger partial charge in [-0.2, -0.15) is 5.26 Å². The molecule has 24 heavy (non-hydrogen) atoms. The monoisotopic (exact) mass is 325 g/mol. The van der Waals surface area contributed by atoms with Gasteiger partial charge in [-0.05, 0) is 48.9 Å². The van der Waals surface area contributed by atoms with Crippen molar-refractivity contribution in [3.8, 4) is 11.8 Å². The van der Waals surface area contributed by atoms with Crippen LogP contribution in [-0.2, 0) is 4.79 Å². The van der Waals surface area contributed by atoms with Crippen LogP contribution in [0.15, 0.2) is 54.2 Å². The maximum atomic E-state index is 12.9. The maximum absolute atomic E-state index is 12.9. The number of aryl methyl sites for hydroxylation is 1. The predicted molar refractivity (Wildman–Crippen MR) is 90.1 cm³/mol. The first-order chi connectivity index (χ1) is 11.5. The number of ether oxygens (including phenoxy) is 1. The minimum absolute atomic E-state index is 0.122. The van der Waals surface area contributed by atoms with E-state index in [2.05, 4.69) is 10.6 Å². The van der Waals surface area contributed by atoms with Gasteiger partial charge in [0.2, 0.25) is 0 Å². The first kappa shape index (κ1) is 17.0. The van der Waals surface area contributed by atoms with Gasteiger partial charge in [0, 0.05) is 11.9 Å². The van der Waals surface area contributed by atoms with Crippen molar-refractivity contribution in [1.29, 1.82) is 5.26 Å². The molecule has 0 atom stereocenters. The summed E-state index contributed by atoms with van der Waals surface area (Å²) in [5.41, 5.74) is 1.92. The number of rotatable bonds is 5. The van der Waals surface area contributed by atoms with Gasteiger partial charge in [0.15, 0.2) is 0 Å². The number of halogens is 1. The van der Waals surface area contributed by atoms with E-state index >= 15 is 0 Å². The fourth-order valence-corrected chi connectivity index (χ4v) is 1.96. The SMILES string of the molecule is COc1ccc(C)cc1N/C=C(/C#N)C(=O)Nc1ccc(F)cc1. The smallest absolute Gasteiger partial charge is 0.267 e. The third kappa shape index (κ3) is 4.34. The first-order valence-electron chi connectivity index (χ1n) is 7.12. The van der Waals surface area contributed by atoms with Crippen molar-refractivity contribution in [3.05, 3.63) is 65.6 Å². The predicted octanol–water partition coefficient (Wildman–Crippen LogP) is 3.60. The topological polar surface area (TPSA) is 74.1 Å². The Morgan fingerprint density at radius 2 is 1.96 bits per heavy atom. The number of hydrogen-bond donors (Lipinski definition) is 2. The number of anilines is 2. The third-order valence-corrected chi connectivity index (χ3v) is 3.19. The van der Waals surface area contributed by atoms with Crippen LogP contribution in [0, 0.1) is 24.1 Å². The van der Waals surface area contributed by atoms with Crippen LogP contribution in [0.4, 0.5) is 15.8 Å². The van der Waals surface area contributed by atoms with Gasteiger partial charge in [-0.25, -0.2) is 4.39 Å². The summed E-state index contributed by atoms with van der Waals surface area (Å²) in [7, 11) is 1.53. The Kier molecular flexibility index (Phi) is 5.53. The van der Waals surface area contributed by atoms with E-state index in [0.717, 1.165) is 5.56 Å². The molecule has 0 fully saturated rings. The van der Waals surface area contributed by atoms with E-state index in [0.29, 0.717) is 17.1 Å². The highest BCUT2D eigenvalue weighted by atomic mass is 19.1. The van der Waals surface area contributed by atoms with Crippen LogP contribution >= 0.6 is 0 Å². The second kappa shape index (κ2) is 7.79. The Morgan fingerprint density at radius 3 is 2.58 bits per heavy atom. The van der Waals surface area contributed by atoms with Gasteiger partial charge >= 0.3 is 0 Å². The summed E-state index contributed by atoms with van der Waals surface area (Å²) >= 11 is 0. The van der Waals surface area contributed by atoms with Crippen molar-refractivity contribution in [1.82, 2.24) is 0 Å². The van der Waals surface area contributed by atoms with Gasteiger partial charge in [-0.1, -0.05) is 6.07 Å².